The molecule has 3 rings (SSSR count). The Morgan fingerprint density at radius 1 is 1.10 bits per heavy atom. The number of fused-ring (bicyclic) bond motifs is 1. The standard InChI is InChI=1S/C15H10ClN3O/c16-14-9-11(7-8-17-14)18-15(20)13-6-5-10-3-1-2-4-12(10)19-13/h1-9H,(H,17,18,20). The second-order valence-electron chi connectivity index (χ2n) is 4.21. The second-order valence-corrected chi connectivity index (χ2v) is 4.60. The molecule has 0 atom stereocenters. The van der Waals surface area contributed by atoms with Gasteiger partial charge in [-0.15, -0.1) is 0 Å². The number of nitrogens with one attached hydrogen (secondary N) is 1. The molecule has 0 radical (unpaired) electrons. The van der Waals surface area contributed by atoms with E-state index in [4.69, 9.17) is 11.6 Å². The predicted octanol–water partition coefficient (Wildman–Crippen LogP) is 3.54. The first-order valence-corrected chi connectivity index (χ1v) is 6.39. The number of nitrogens with zero attached hydrogens (tertiary/aromatic N) is 2. The van der Waals surface area contributed by atoms with E-state index in [-0.39, 0.29) is 5.91 Å². The molecule has 1 N–H and O–H groups in total. The van der Waals surface area contributed by atoms with E-state index in [9.17, 15) is 4.79 Å². The van der Waals surface area contributed by atoms with Crippen molar-refractivity contribution in [1.29, 1.82) is 0 Å². The summed E-state index contributed by atoms with van der Waals surface area (Å²) in [5.74, 6) is -0.280. The van der Waals surface area contributed by atoms with Crippen molar-refractivity contribution in [2.45, 2.75) is 0 Å². The van der Waals surface area contributed by atoms with Crippen LogP contribution in [0.3, 0.4) is 0 Å². The molecule has 98 valence electrons. The summed E-state index contributed by atoms with van der Waals surface area (Å²) in [7, 11) is 0. The third-order valence-electron chi connectivity index (χ3n) is 2.82. The monoisotopic (exact) mass is 283 g/mol. The fourth-order valence-corrected chi connectivity index (χ4v) is 2.04. The van der Waals surface area contributed by atoms with Crippen molar-refractivity contribution in [2.24, 2.45) is 0 Å². The number of benzene rings is 1. The highest BCUT2D eigenvalue weighted by molar-refractivity contribution is 6.29. The Balaban J connectivity index is 1.88. The van der Waals surface area contributed by atoms with Crippen molar-refractivity contribution in [2.75, 3.05) is 5.32 Å². The number of rotatable bonds is 2. The summed E-state index contributed by atoms with van der Waals surface area (Å²) in [4.78, 5) is 20.3. The number of amides is 1. The Morgan fingerprint density at radius 2 is 1.95 bits per heavy atom. The van der Waals surface area contributed by atoms with Gasteiger partial charge in [0.05, 0.1) is 5.52 Å². The van der Waals surface area contributed by atoms with Gasteiger partial charge in [0, 0.05) is 17.3 Å². The van der Waals surface area contributed by atoms with E-state index in [1.165, 1.54) is 6.20 Å². The van der Waals surface area contributed by atoms with Crippen molar-refractivity contribution < 1.29 is 4.79 Å². The van der Waals surface area contributed by atoms with Crippen molar-refractivity contribution in [3.63, 3.8) is 0 Å². The molecule has 5 heteroatoms. The Labute approximate surface area is 120 Å². The van der Waals surface area contributed by atoms with Crippen LogP contribution in [0.15, 0.2) is 54.7 Å². The molecule has 2 aromatic heterocycles. The number of carbonyl (C=O) groups excluding carboxylic acids is 1. The Bertz CT molecular complexity index is 789. The van der Waals surface area contributed by atoms with Gasteiger partial charge in [0.1, 0.15) is 10.8 Å². The third kappa shape index (κ3) is 2.60. The van der Waals surface area contributed by atoms with Crippen molar-refractivity contribution >= 4 is 34.1 Å². The lowest BCUT2D eigenvalue weighted by atomic mass is 10.2. The average molecular weight is 284 g/mol. The van der Waals surface area contributed by atoms with Crippen LogP contribution < -0.4 is 5.32 Å². The van der Waals surface area contributed by atoms with Gasteiger partial charge < -0.3 is 5.32 Å². The number of para-hydroxylation sites is 1. The molecule has 0 saturated carbocycles. The van der Waals surface area contributed by atoms with Gasteiger partial charge in [0.2, 0.25) is 0 Å². The van der Waals surface area contributed by atoms with Gasteiger partial charge in [0.15, 0.2) is 0 Å². The number of anilines is 1. The van der Waals surface area contributed by atoms with Crippen LogP contribution >= 0.6 is 11.6 Å². The van der Waals surface area contributed by atoms with E-state index in [1.807, 2.05) is 30.3 Å². The lowest BCUT2D eigenvalue weighted by molar-refractivity contribution is 0.102. The largest absolute Gasteiger partial charge is 0.320 e. The Morgan fingerprint density at radius 3 is 2.80 bits per heavy atom. The maximum atomic E-state index is 12.1. The van der Waals surface area contributed by atoms with Crippen LogP contribution in [0, 0.1) is 0 Å². The highest BCUT2D eigenvalue weighted by Crippen LogP contribution is 2.15. The van der Waals surface area contributed by atoms with E-state index in [1.54, 1.807) is 18.2 Å². The predicted molar refractivity (Wildman–Crippen MR) is 78.9 cm³/mol. The summed E-state index contributed by atoms with van der Waals surface area (Å²) in [6, 6.07) is 14.5. The molecule has 0 unspecified atom stereocenters. The first-order chi connectivity index (χ1) is 9.72. The van der Waals surface area contributed by atoms with Crippen LogP contribution in [0.1, 0.15) is 10.5 Å². The van der Waals surface area contributed by atoms with Crippen molar-refractivity contribution in [3.05, 3.63) is 65.6 Å². The molecule has 2 heterocycles. The van der Waals surface area contributed by atoms with E-state index >= 15 is 0 Å². The minimum Gasteiger partial charge on any atom is -0.320 e. The zero-order valence-electron chi connectivity index (χ0n) is 10.4. The maximum absolute atomic E-state index is 12.1. The number of aromatic nitrogens is 2. The molecule has 0 saturated heterocycles. The first-order valence-electron chi connectivity index (χ1n) is 6.01. The number of pyridine rings is 2. The SMILES string of the molecule is O=C(Nc1ccnc(Cl)c1)c1ccc2ccccc2n1. The van der Waals surface area contributed by atoms with Crippen LogP contribution in [-0.4, -0.2) is 15.9 Å². The zero-order valence-corrected chi connectivity index (χ0v) is 11.1. The number of hydrogen-bond acceptors (Lipinski definition) is 3. The molecule has 4 nitrogen and oxygen atoms in total. The van der Waals surface area contributed by atoms with E-state index in [0.29, 0.717) is 16.5 Å². The molecule has 0 aliphatic heterocycles. The molecule has 0 bridgehead atoms. The smallest absolute Gasteiger partial charge is 0.274 e. The summed E-state index contributed by atoms with van der Waals surface area (Å²) >= 11 is 5.77. The summed E-state index contributed by atoms with van der Waals surface area (Å²) < 4.78 is 0. The number of hydrogen-bond donors (Lipinski definition) is 1. The third-order valence-corrected chi connectivity index (χ3v) is 3.02. The van der Waals surface area contributed by atoms with Crippen LogP contribution in [0.25, 0.3) is 10.9 Å². The van der Waals surface area contributed by atoms with E-state index in [2.05, 4.69) is 15.3 Å². The van der Waals surface area contributed by atoms with Crippen LogP contribution in [-0.2, 0) is 0 Å². The quantitative estimate of drug-likeness (QED) is 0.732. The molecule has 3 aromatic rings. The van der Waals surface area contributed by atoms with Crippen molar-refractivity contribution in [3.8, 4) is 0 Å². The number of halogens is 1. The molecule has 0 aliphatic carbocycles. The molecule has 1 aromatic carbocycles. The fraction of sp³-hybridized carbons (Fsp3) is 0. The minimum atomic E-state index is -0.280. The van der Waals surface area contributed by atoms with E-state index in [0.717, 1.165) is 10.9 Å². The molecule has 0 fully saturated rings. The average Bonchev–Trinajstić information content (AvgIpc) is 2.47. The normalized spacial score (nSPS) is 10.4. The zero-order chi connectivity index (χ0) is 13.9. The highest BCUT2D eigenvalue weighted by Gasteiger charge is 2.08. The topological polar surface area (TPSA) is 54.9 Å². The Hall–Kier alpha value is -2.46. The molecular weight excluding hydrogens is 274 g/mol. The molecule has 20 heavy (non-hydrogen) atoms. The lowest BCUT2D eigenvalue weighted by Crippen LogP contribution is -2.13. The fourth-order valence-electron chi connectivity index (χ4n) is 1.87. The van der Waals surface area contributed by atoms with Gasteiger partial charge in [-0.3, -0.25) is 4.79 Å². The summed E-state index contributed by atoms with van der Waals surface area (Å²) in [6.45, 7) is 0. The van der Waals surface area contributed by atoms with Crippen LogP contribution in [0.5, 0.6) is 0 Å². The Kier molecular flexibility index (Phi) is 3.31. The molecular formula is C15H10ClN3O. The molecule has 1 amide bonds. The maximum Gasteiger partial charge on any atom is 0.274 e. The van der Waals surface area contributed by atoms with Crippen molar-refractivity contribution in [1.82, 2.24) is 9.97 Å². The second kappa shape index (κ2) is 5.27. The highest BCUT2D eigenvalue weighted by atomic mass is 35.5. The van der Waals surface area contributed by atoms with Gasteiger partial charge in [-0.1, -0.05) is 35.9 Å². The number of carbonyl (C=O) groups is 1. The van der Waals surface area contributed by atoms with Gasteiger partial charge in [0.25, 0.3) is 5.91 Å². The summed E-state index contributed by atoms with van der Waals surface area (Å²) in [5.41, 5.74) is 1.73. The van der Waals surface area contributed by atoms with Crippen LogP contribution in [0.4, 0.5) is 5.69 Å². The van der Waals surface area contributed by atoms with Gasteiger partial charge in [-0.2, -0.15) is 0 Å². The summed E-state index contributed by atoms with van der Waals surface area (Å²) in [6.07, 6.45) is 1.53. The van der Waals surface area contributed by atoms with Gasteiger partial charge in [-0.25, -0.2) is 9.97 Å². The lowest BCUT2D eigenvalue weighted by Gasteiger charge is -2.05. The van der Waals surface area contributed by atoms with Gasteiger partial charge in [-0.05, 0) is 24.3 Å². The van der Waals surface area contributed by atoms with E-state index < -0.39 is 0 Å². The summed E-state index contributed by atoms with van der Waals surface area (Å²) in [5, 5.41) is 4.06. The molecule has 0 spiro atoms. The van der Waals surface area contributed by atoms with Gasteiger partial charge >= 0.3 is 0 Å². The van der Waals surface area contributed by atoms with Crippen LogP contribution in [0.2, 0.25) is 5.15 Å². The first kappa shape index (κ1) is 12.6. The minimum absolute atomic E-state index is 0.280. The molecule has 0 aliphatic rings.